The zero-order chi connectivity index (χ0) is 10.4. The lowest BCUT2D eigenvalue weighted by Crippen LogP contribution is -2.49. The molecule has 0 spiro atoms. The molecule has 2 amide bonds. The first-order valence-electron chi connectivity index (χ1n) is 5.09. The molecule has 0 aromatic rings. The number of nitrogens with one attached hydrogen (secondary N) is 2. The normalized spacial score (nSPS) is 17.5. The number of carbonyl (C=O) groups excluding carboxylic acids is 1. The summed E-state index contributed by atoms with van der Waals surface area (Å²) < 4.78 is 0. The van der Waals surface area contributed by atoms with Crippen molar-refractivity contribution in [3.8, 4) is 0 Å². The molecule has 1 saturated heterocycles. The van der Waals surface area contributed by atoms with Crippen LogP contribution in [-0.2, 0) is 0 Å². The second-order valence-corrected chi connectivity index (χ2v) is 3.48. The number of hydrogen-bond acceptors (Lipinski definition) is 2. The number of rotatable bonds is 3. The fourth-order valence-corrected chi connectivity index (χ4v) is 1.80. The Hall–Kier alpha value is -1.03. The Morgan fingerprint density at radius 2 is 2.29 bits per heavy atom. The molecular formula is C10H19N3O. The van der Waals surface area contributed by atoms with Crippen molar-refractivity contribution in [2.45, 2.75) is 18.9 Å². The van der Waals surface area contributed by atoms with Gasteiger partial charge in [0.25, 0.3) is 0 Å². The molecule has 1 aliphatic rings. The van der Waals surface area contributed by atoms with Gasteiger partial charge >= 0.3 is 6.03 Å². The summed E-state index contributed by atoms with van der Waals surface area (Å²) in [6, 6.07) is 0.353. The molecule has 4 nitrogen and oxygen atoms in total. The lowest BCUT2D eigenvalue weighted by atomic mass is 10.1. The van der Waals surface area contributed by atoms with E-state index >= 15 is 0 Å². The number of amides is 2. The Labute approximate surface area is 85.3 Å². The highest BCUT2D eigenvalue weighted by molar-refractivity contribution is 5.74. The molecule has 1 fully saturated rings. The average Bonchev–Trinajstić information content (AvgIpc) is 2.26. The molecule has 0 aromatic carbocycles. The molecular weight excluding hydrogens is 178 g/mol. The second-order valence-electron chi connectivity index (χ2n) is 3.48. The Morgan fingerprint density at radius 1 is 1.64 bits per heavy atom. The van der Waals surface area contributed by atoms with Crippen molar-refractivity contribution in [3.63, 3.8) is 0 Å². The van der Waals surface area contributed by atoms with Crippen LogP contribution in [0.4, 0.5) is 4.79 Å². The Bertz CT molecular complexity index is 200. The molecule has 14 heavy (non-hydrogen) atoms. The molecule has 0 atom stereocenters. The summed E-state index contributed by atoms with van der Waals surface area (Å²) in [5, 5.41) is 5.95. The van der Waals surface area contributed by atoms with Gasteiger partial charge in [-0.05, 0) is 25.9 Å². The maximum absolute atomic E-state index is 11.5. The van der Waals surface area contributed by atoms with Crippen molar-refractivity contribution < 1.29 is 4.79 Å². The molecule has 1 aliphatic heterocycles. The zero-order valence-corrected chi connectivity index (χ0v) is 8.75. The van der Waals surface area contributed by atoms with Crippen molar-refractivity contribution in [2.24, 2.45) is 0 Å². The van der Waals surface area contributed by atoms with E-state index in [4.69, 9.17) is 0 Å². The van der Waals surface area contributed by atoms with E-state index < -0.39 is 0 Å². The van der Waals surface area contributed by atoms with Gasteiger partial charge in [0.1, 0.15) is 0 Å². The Balaban J connectivity index is 2.55. The predicted octanol–water partition coefficient (Wildman–Crippen LogP) is 0.566. The highest BCUT2D eigenvalue weighted by Crippen LogP contribution is 2.11. The monoisotopic (exact) mass is 197 g/mol. The molecule has 1 heterocycles. The summed E-state index contributed by atoms with van der Waals surface area (Å²) in [4.78, 5) is 13.4. The van der Waals surface area contributed by atoms with Gasteiger partial charge in [-0.1, -0.05) is 6.08 Å². The first kappa shape index (κ1) is 11.0. The maximum Gasteiger partial charge on any atom is 0.317 e. The second kappa shape index (κ2) is 5.65. The lowest BCUT2D eigenvalue weighted by molar-refractivity contribution is 0.169. The highest BCUT2D eigenvalue weighted by atomic mass is 16.2. The van der Waals surface area contributed by atoms with Crippen molar-refractivity contribution in [1.82, 2.24) is 15.5 Å². The smallest absolute Gasteiger partial charge is 0.317 e. The van der Waals surface area contributed by atoms with Crippen LogP contribution in [0.15, 0.2) is 12.7 Å². The van der Waals surface area contributed by atoms with Crippen LogP contribution in [0.25, 0.3) is 0 Å². The molecule has 80 valence electrons. The van der Waals surface area contributed by atoms with Crippen molar-refractivity contribution in [1.29, 1.82) is 0 Å². The first-order chi connectivity index (χ1) is 6.79. The third kappa shape index (κ3) is 2.73. The minimum Gasteiger partial charge on any atom is -0.341 e. The van der Waals surface area contributed by atoms with E-state index in [0.29, 0.717) is 12.6 Å². The number of piperidine rings is 1. The van der Waals surface area contributed by atoms with Gasteiger partial charge in [0.2, 0.25) is 0 Å². The average molecular weight is 197 g/mol. The molecule has 0 radical (unpaired) electrons. The molecule has 1 rings (SSSR count). The lowest BCUT2D eigenvalue weighted by Gasteiger charge is -2.33. The van der Waals surface area contributed by atoms with E-state index in [9.17, 15) is 4.79 Å². The molecule has 0 bridgehead atoms. The minimum atomic E-state index is -0.00296. The molecule has 2 N–H and O–H groups in total. The van der Waals surface area contributed by atoms with Crippen LogP contribution < -0.4 is 10.6 Å². The standard InChI is InChI=1S/C10H19N3O/c1-3-8-13(10(14)11-2)9-4-6-12-7-5-9/h3,9,12H,1,4-8H2,2H3,(H,11,14). The summed E-state index contributed by atoms with van der Waals surface area (Å²) in [6.07, 6.45) is 3.83. The summed E-state index contributed by atoms with van der Waals surface area (Å²) in [5.74, 6) is 0. The summed E-state index contributed by atoms with van der Waals surface area (Å²) in [7, 11) is 1.67. The first-order valence-corrected chi connectivity index (χ1v) is 5.09. The fourth-order valence-electron chi connectivity index (χ4n) is 1.80. The summed E-state index contributed by atoms with van der Waals surface area (Å²) >= 11 is 0. The van der Waals surface area contributed by atoms with E-state index in [-0.39, 0.29) is 6.03 Å². The van der Waals surface area contributed by atoms with Crippen molar-refractivity contribution in [2.75, 3.05) is 26.7 Å². The molecule has 0 unspecified atom stereocenters. The third-order valence-electron chi connectivity index (χ3n) is 2.55. The third-order valence-corrected chi connectivity index (χ3v) is 2.55. The molecule has 0 aliphatic carbocycles. The number of hydrogen-bond donors (Lipinski definition) is 2. The van der Waals surface area contributed by atoms with E-state index in [1.54, 1.807) is 13.1 Å². The SMILES string of the molecule is C=CCN(C(=O)NC)C1CCNCC1. The van der Waals surface area contributed by atoms with Crippen LogP contribution in [0.1, 0.15) is 12.8 Å². The van der Waals surface area contributed by atoms with E-state index in [0.717, 1.165) is 25.9 Å². The molecule has 4 heteroatoms. The minimum absolute atomic E-state index is 0.00296. The zero-order valence-electron chi connectivity index (χ0n) is 8.75. The summed E-state index contributed by atoms with van der Waals surface area (Å²) in [6.45, 7) is 6.29. The maximum atomic E-state index is 11.5. The van der Waals surface area contributed by atoms with Gasteiger partial charge in [-0.15, -0.1) is 6.58 Å². The topological polar surface area (TPSA) is 44.4 Å². The summed E-state index contributed by atoms with van der Waals surface area (Å²) in [5.41, 5.74) is 0. The Kier molecular flexibility index (Phi) is 4.46. The highest BCUT2D eigenvalue weighted by Gasteiger charge is 2.23. The predicted molar refractivity (Wildman–Crippen MR) is 57.3 cm³/mol. The quantitative estimate of drug-likeness (QED) is 0.650. The van der Waals surface area contributed by atoms with E-state index in [2.05, 4.69) is 17.2 Å². The van der Waals surface area contributed by atoms with Crippen LogP contribution in [0.3, 0.4) is 0 Å². The van der Waals surface area contributed by atoms with Gasteiger partial charge in [0.15, 0.2) is 0 Å². The van der Waals surface area contributed by atoms with Crippen LogP contribution in [0.5, 0.6) is 0 Å². The van der Waals surface area contributed by atoms with Gasteiger partial charge in [-0.3, -0.25) is 0 Å². The fraction of sp³-hybridized carbons (Fsp3) is 0.700. The van der Waals surface area contributed by atoms with Crippen molar-refractivity contribution in [3.05, 3.63) is 12.7 Å². The van der Waals surface area contributed by atoms with Gasteiger partial charge in [-0.2, -0.15) is 0 Å². The van der Waals surface area contributed by atoms with Gasteiger partial charge in [0.05, 0.1) is 0 Å². The van der Waals surface area contributed by atoms with Crippen LogP contribution >= 0.6 is 0 Å². The number of nitrogens with zero attached hydrogens (tertiary/aromatic N) is 1. The number of urea groups is 1. The van der Waals surface area contributed by atoms with Crippen LogP contribution in [0, 0.1) is 0 Å². The van der Waals surface area contributed by atoms with Crippen LogP contribution in [0.2, 0.25) is 0 Å². The van der Waals surface area contributed by atoms with E-state index in [1.165, 1.54) is 0 Å². The van der Waals surface area contributed by atoms with Gasteiger partial charge in [-0.25, -0.2) is 4.79 Å². The molecule has 0 aromatic heterocycles. The van der Waals surface area contributed by atoms with Crippen LogP contribution in [-0.4, -0.2) is 43.7 Å². The Morgan fingerprint density at radius 3 is 2.79 bits per heavy atom. The van der Waals surface area contributed by atoms with E-state index in [1.807, 2.05) is 4.90 Å². The van der Waals surface area contributed by atoms with Crippen molar-refractivity contribution >= 4 is 6.03 Å². The number of carbonyl (C=O) groups is 1. The van der Waals surface area contributed by atoms with Gasteiger partial charge in [0, 0.05) is 19.6 Å². The van der Waals surface area contributed by atoms with Gasteiger partial charge < -0.3 is 15.5 Å². The molecule has 0 saturated carbocycles. The largest absolute Gasteiger partial charge is 0.341 e.